The lowest BCUT2D eigenvalue weighted by Gasteiger charge is -2.11. The first kappa shape index (κ1) is 9.51. The number of ether oxygens (including phenoxy) is 2. The summed E-state index contributed by atoms with van der Waals surface area (Å²) in [6, 6.07) is 3.93. The minimum Gasteiger partial charge on any atom is -0.454 e. The van der Waals surface area contributed by atoms with E-state index in [4.69, 9.17) is 9.47 Å². The SMILES string of the molecule is CC1C(=O)NCCc2cc3c(cc21)OCO3. The Hall–Kier alpha value is -1.71. The van der Waals surface area contributed by atoms with Gasteiger partial charge in [0.25, 0.3) is 0 Å². The van der Waals surface area contributed by atoms with E-state index < -0.39 is 0 Å². The molecule has 1 unspecified atom stereocenters. The van der Waals surface area contributed by atoms with Crippen molar-refractivity contribution in [3.63, 3.8) is 0 Å². The molecule has 2 aliphatic heterocycles. The van der Waals surface area contributed by atoms with Gasteiger partial charge in [0.05, 0.1) is 5.92 Å². The van der Waals surface area contributed by atoms with Gasteiger partial charge in [0.2, 0.25) is 12.7 Å². The second kappa shape index (κ2) is 3.40. The van der Waals surface area contributed by atoms with Gasteiger partial charge >= 0.3 is 0 Å². The van der Waals surface area contributed by atoms with Gasteiger partial charge in [-0.1, -0.05) is 0 Å². The fraction of sp³-hybridized carbons (Fsp3) is 0.417. The molecule has 3 rings (SSSR count). The van der Waals surface area contributed by atoms with Gasteiger partial charge in [-0.25, -0.2) is 0 Å². The van der Waals surface area contributed by atoms with Gasteiger partial charge < -0.3 is 14.8 Å². The highest BCUT2D eigenvalue weighted by Gasteiger charge is 2.25. The van der Waals surface area contributed by atoms with E-state index in [0.717, 1.165) is 23.5 Å². The number of nitrogens with one attached hydrogen (secondary N) is 1. The molecule has 1 N–H and O–H groups in total. The molecular weight excluding hydrogens is 206 g/mol. The molecule has 1 aromatic rings. The van der Waals surface area contributed by atoms with Gasteiger partial charge in [0.15, 0.2) is 11.5 Å². The maximum atomic E-state index is 11.7. The molecule has 2 aliphatic rings. The van der Waals surface area contributed by atoms with Gasteiger partial charge in [-0.2, -0.15) is 0 Å². The normalized spacial score (nSPS) is 22.3. The predicted octanol–water partition coefficient (Wildman–Crippen LogP) is 1.19. The number of carbonyl (C=O) groups is 1. The quantitative estimate of drug-likeness (QED) is 0.713. The summed E-state index contributed by atoms with van der Waals surface area (Å²) in [6.07, 6.45) is 0.849. The maximum Gasteiger partial charge on any atom is 0.231 e. The first-order valence-electron chi connectivity index (χ1n) is 5.46. The van der Waals surface area contributed by atoms with Crippen molar-refractivity contribution in [2.24, 2.45) is 0 Å². The zero-order chi connectivity index (χ0) is 11.1. The van der Waals surface area contributed by atoms with Crippen molar-refractivity contribution >= 4 is 5.91 Å². The average molecular weight is 219 g/mol. The minimum absolute atomic E-state index is 0.0811. The van der Waals surface area contributed by atoms with Gasteiger partial charge in [0.1, 0.15) is 0 Å². The van der Waals surface area contributed by atoms with E-state index in [2.05, 4.69) is 5.32 Å². The molecule has 0 aliphatic carbocycles. The van der Waals surface area contributed by atoms with Crippen LogP contribution in [-0.2, 0) is 11.2 Å². The molecule has 0 fully saturated rings. The van der Waals surface area contributed by atoms with Crippen LogP contribution < -0.4 is 14.8 Å². The predicted molar refractivity (Wildman–Crippen MR) is 57.7 cm³/mol. The van der Waals surface area contributed by atoms with Crippen molar-refractivity contribution in [1.82, 2.24) is 5.32 Å². The molecule has 84 valence electrons. The molecule has 0 aromatic heterocycles. The summed E-state index contributed by atoms with van der Waals surface area (Å²) in [5.74, 6) is 1.50. The highest BCUT2D eigenvalue weighted by molar-refractivity contribution is 5.84. The Balaban J connectivity index is 2.12. The summed E-state index contributed by atoms with van der Waals surface area (Å²) in [4.78, 5) is 11.7. The molecule has 0 saturated carbocycles. The zero-order valence-corrected chi connectivity index (χ0v) is 9.08. The first-order chi connectivity index (χ1) is 7.75. The van der Waals surface area contributed by atoms with E-state index in [1.54, 1.807) is 0 Å². The Labute approximate surface area is 93.5 Å². The van der Waals surface area contributed by atoms with E-state index in [9.17, 15) is 4.79 Å². The molecule has 0 saturated heterocycles. The van der Waals surface area contributed by atoms with Crippen LogP contribution in [0.3, 0.4) is 0 Å². The standard InChI is InChI=1S/C12H13NO3/c1-7-9-5-11-10(15-6-16-11)4-8(9)2-3-13-12(7)14/h4-5,7H,2-3,6H2,1H3,(H,13,14). The number of hydrogen-bond donors (Lipinski definition) is 1. The van der Waals surface area contributed by atoms with Crippen LogP contribution in [0.1, 0.15) is 24.0 Å². The molecule has 0 spiro atoms. The number of rotatable bonds is 0. The Morgan fingerprint density at radius 3 is 2.88 bits per heavy atom. The average Bonchev–Trinajstić information content (AvgIpc) is 2.68. The highest BCUT2D eigenvalue weighted by Crippen LogP contribution is 2.38. The van der Waals surface area contributed by atoms with Crippen LogP contribution in [0.5, 0.6) is 11.5 Å². The Kier molecular flexibility index (Phi) is 2.02. The van der Waals surface area contributed by atoms with E-state index in [0.29, 0.717) is 6.54 Å². The molecule has 1 amide bonds. The van der Waals surface area contributed by atoms with Crippen molar-refractivity contribution < 1.29 is 14.3 Å². The number of amides is 1. The largest absolute Gasteiger partial charge is 0.454 e. The van der Waals surface area contributed by atoms with Crippen LogP contribution in [0, 0.1) is 0 Å². The fourth-order valence-electron chi connectivity index (χ4n) is 2.23. The van der Waals surface area contributed by atoms with Crippen LogP contribution in [0.25, 0.3) is 0 Å². The van der Waals surface area contributed by atoms with E-state index in [1.165, 1.54) is 5.56 Å². The molecule has 4 nitrogen and oxygen atoms in total. The zero-order valence-electron chi connectivity index (χ0n) is 9.08. The van der Waals surface area contributed by atoms with Crippen molar-refractivity contribution in [3.8, 4) is 11.5 Å². The number of fused-ring (bicyclic) bond motifs is 2. The van der Waals surface area contributed by atoms with Gasteiger partial charge in [-0.15, -0.1) is 0 Å². The van der Waals surface area contributed by atoms with Crippen LogP contribution in [0.4, 0.5) is 0 Å². The van der Waals surface area contributed by atoms with Crippen molar-refractivity contribution in [1.29, 1.82) is 0 Å². The van der Waals surface area contributed by atoms with Crippen molar-refractivity contribution in [2.45, 2.75) is 19.3 Å². The van der Waals surface area contributed by atoms with Crippen molar-refractivity contribution in [2.75, 3.05) is 13.3 Å². The van der Waals surface area contributed by atoms with Crippen LogP contribution in [0.15, 0.2) is 12.1 Å². The lowest BCUT2D eigenvalue weighted by molar-refractivity contribution is -0.121. The van der Waals surface area contributed by atoms with Gasteiger partial charge in [-0.05, 0) is 36.6 Å². The monoisotopic (exact) mass is 219 g/mol. The Morgan fingerprint density at radius 1 is 1.31 bits per heavy atom. The summed E-state index contributed by atoms with van der Waals surface area (Å²) < 4.78 is 10.7. The first-order valence-corrected chi connectivity index (χ1v) is 5.46. The Bertz CT molecular complexity index is 456. The summed E-state index contributed by atoms with van der Waals surface area (Å²) in [7, 11) is 0. The maximum absolute atomic E-state index is 11.7. The molecule has 1 aromatic carbocycles. The number of benzene rings is 1. The van der Waals surface area contributed by atoms with E-state index in [-0.39, 0.29) is 18.6 Å². The molecule has 16 heavy (non-hydrogen) atoms. The summed E-state index contributed by atoms with van der Waals surface area (Å²) in [6.45, 7) is 2.89. The van der Waals surface area contributed by atoms with Gasteiger partial charge in [0, 0.05) is 6.54 Å². The highest BCUT2D eigenvalue weighted by atomic mass is 16.7. The molecule has 4 heteroatoms. The minimum atomic E-state index is -0.119. The molecule has 0 bridgehead atoms. The van der Waals surface area contributed by atoms with Crippen LogP contribution in [-0.4, -0.2) is 19.2 Å². The van der Waals surface area contributed by atoms with E-state index in [1.807, 2.05) is 19.1 Å². The molecular formula is C12H13NO3. The fourth-order valence-corrected chi connectivity index (χ4v) is 2.23. The third-order valence-electron chi connectivity index (χ3n) is 3.19. The third-order valence-corrected chi connectivity index (χ3v) is 3.19. The molecule has 1 atom stereocenters. The third kappa shape index (κ3) is 1.33. The summed E-state index contributed by atoms with van der Waals surface area (Å²) in [5.41, 5.74) is 2.23. The smallest absolute Gasteiger partial charge is 0.231 e. The lowest BCUT2D eigenvalue weighted by Crippen LogP contribution is -2.26. The Morgan fingerprint density at radius 2 is 2.06 bits per heavy atom. The van der Waals surface area contributed by atoms with Crippen molar-refractivity contribution in [3.05, 3.63) is 23.3 Å². The summed E-state index contributed by atoms with van der Waals surface area (Å²) >= 11 is 0. The number of carbonyl (C=O) groups excluding carboxylic acids is 1. The molecule has 0 radical (unpaired) electrons. The van der Waals surface area contributed by atoms with Crippen LogP contribution in [0.2, 0.25) is 0 Å². The van der Waals surface area contributed by atoms with E-state index >= 15 is 0 Å². The lowest BCUT2D eigenvalue weighted by atomic mass is 9.94. The molecule has 2 heterocycles. The summed E-state index contributed by atoms with van der Waals surface area (Å²) in [5, 5.41) is 2.90. The number of hydrogen-bond acceptors (Lipinski definition) is 3. The van der Waals surface area contributed by atoms with Gasteiger partial charge in [-0.3, -0.25) is 4.79 Å². The second-order valence-corrected chi connectivity index (χ2v) is 4.17. The second-order valence-electron chi connectivity index (χ2n) is 4.17. The topological polar surface area (TPSA) is 47.6 Å². The van der Waals surface area contributed by atoms with Crippen LogP contribution >= 0.6 is 0 Å².